The third kappa shape index (κ3) is 1.86. The molecular formula is C6H10N4O. The molecule has 1 amide bonds. The summed E-state index contributed by atoms with van der Waals surface area (Å²) in [7, 11) is 0. The van der Waals surface area contributed by atoms with E-state index >= 15 is 0 Å². The van der Waals surface area contributed by atoms with Gasteiger partial charge in [-0.25, -0.2) is 0 Å². The zero-order valence-corrected chi connectivity index (χ0v) is 5.95. The summed E-state index contributed by atoms with van der Waals surface area (Å²) in [5, 5.41) is 0. The summed E-state index contributed by atoms with van der Waals surface area (Å²) in [4.78, 5) is 14.4. The number of carbonyl (C=O) groups is 1. The first-order chi connectivity index (χ1) is 5.01. The second-order valence-corrected chi connectivity index (χ2v) is 2.55. The molecule has 5 heteroatoms. The smallest absolute Gasteiger partial charge is 0.250 e. The monoisotopic (exact) mass is 154 g/mol. The molecule has 0 saturated heterocycles. The topological polar surface area (TPSA) is 107 Å². The van der Waals surface area contributed by atoms with Gasteiger partial charge in [-0.3, -0.25) is 9.79 Å². The summed E-state index contributed by atoms with van der Waals surface area (Å²) in [6, 6.07) is 0. The second-order valence-electron chi connectivity index (χ2n) is 2.55. The number of primary amides is 1. The Labute approximate surface area is 63.9 Å². The Balaban J connectivity index is 2.89. The SMILES string of the molecule is NC(=O)C1=CC(N)(N)CN=C1. The van der Waals surface area contributed by atoms with Gasteiger partial charge >= 0.3 is 0 Å². The van der Waals surface area contributed by atoms with Gasteiger partial charge in [-0.2, -0.15) is 0 Å². The van der Waals surface area contributed by atoms with Crippen LogP contribution in [0.15, 0.2) is 16.6 Å². The molecule has 11 heavy (non-hydrogen) atoms. The largest absolute Gasteiger partial charge is 0.366 e. The van der Waals surface area contributed by atoms with Gasteiger partial charge in [0, 0.05) is 6.21 Å². The Morgan fingerprint density at radius 3 is 2.64 bits per heavy atom. The Kier molecular flexibility index (Phi) is 1.76. The van der Waals surface area contributed by atoms with Crippen LogP contribution in [0.1, 0.15) is 0 Å². The van der Waals surface area contributed by atoms with Crippen molar-refractivity contribution in [1.29, 1.82) is 0 Å². The highest BCUT2D eigenvalue weighted by Gasteiger charge is 2.20. The molecule has 1 heterocycles. The maximum atomic E-state index is 10.6. The number of amides is 1. The Bertz CT molecular complexity index is 241. The first kappa shape index (κ1) is 7.90. The van der Waals surface area contributed by atoms with Crippen LogP contribution in [-0.4, -0.2) is 24.3 Å². The molecule has 0 saturated carbocycles. The fourth-order valence-corrected chi connectivity index (χ4v) is 0.809. The van der Waals surface area contributed by atoms with Crippen LogP contribution in [0.3, 0.4) is 0 Å². The zero-order valence-electron chi connectivity index (χ0n) is 5.95. The Morgan fingerprint density at radius 2 is 2.27 bits per heavy atom. The maximum absolute atomic E-state index is 10.6. The van der Waals surface area contributed by atoms with Crippen LogP contribution in [-0.2, 0) is 4.79 Å². The fraction of sp³-hybridized carbons (Fsp3) is 0.333. The van der Waals surface area contributed by atoms with Crippen molar-refractivity contribution in [1.82, 2.24) is 0 Å². The number of rotatable bonds is 1. The number of carbonyl (C=O) groups excluding carboxylic acids is 1. The van der Waals surface area contributed by atoms with Gasteiger partial charge in [0.15, 0.2) is 0 Å². The van der Waals surface area contributed by atoms with E-state index in [2.05, 4.69) is 4.99 Å². The highest BCUT2D eigenvalue weighted by molar-refractivity contribution is 6.11. The molecule has 0 aromatic heterocycles. The molecule has 0 bridgehead atoms. The number of hydrogen-bond donors (Lipinski definition) is 3. The fourth-order valence-electron chi connectivity index (χ4n) is 0.809. The van der Waals surface area contributed by atoms with Gasteiger partial charge in [0.05, 0.1) is 12.1 Å². The van der Waals surface area contributed by atoms with Gasteiger partial charge in [-0.15, -0.1) is 0 Å². The van der Waals surface area contributed by atoms with Crippen molar-refractivity contribution in [3.05, 3.63) is 11.6 Å². The van der Waals surface area contributed by atoms with Crippen LogP contribution in [0.2, 0.25) is 0 Å². The minimum absolute atomic E-state index is 0.265. The molecule has 0 aromatic carbocycles. The van der Waals surface area contributed by atoms with Crippen molar-refractivity contribution >= 4 is 12.1 Å². The summed E-state index contributed by atoms with van der Waals surface area (Å²) in [6.45, 7) is 0.282. The van der Waals surface area contributed by atoms with Crippen molar-refractivity contribution < 1.29 is 4.79 Å². The third-order valence-corrected chi connectivity index (χ3v) is 1.30. The number of hydrogen-bond acceptors (Lipinski definition) is 4. The van der Waals surface area contributed by atoms with E-state index in [1.54, 1.807) is 0 Å². The standard InChI is InChI=1S/C6H10N4O/c7-5(11)4-1-6(8,9)3-10-2-4/h1-2H,3,8-9H2,(H2,7,11). The van der Waals surface area contributed by atoms with Gasteiger partial charge in [-0.05, 0) is 6.08 Å². The lowest BCUT2D eigenvalue weighted by Crippen LogP contribution is -2.52. The Morgan fingerprint density at radius 1 is 1.64 bits per heavy atom. The molecule has 60 valence electrons. The lowest BCUT2D eigenvalue weighted by Gasteiger charge is -2.21. The first-order valence-electron chi connectivity index (χ1n) is 3.11. The quantitative estimate of drug-likeness (QED) is 0.384. The lowest BCUT2D eigenvalue weighted by atomic mass is 10.1. The molecule has 0 aromatic rings. The van der Waals surface area contributed by atoms with E-state index in [9.17, 15) is 4.79 Å². The predicted molar refractivity (Wildman–Crippen MR) is 41.7 cm³/mol. The molecule has 1 rings (SSSR count). The van der Waals surface area contributed by atoms with Gasteiger partial charge in [0.2, 0.25) is 5.91 Å². The van der Waals surface area contributed by atoms with E-state index in [1.165, 1.54) is 12.3 Å². The molecule has 0 fully saturated rings. The van der Waals surface area contributed by atoms with Crippen molar-refractivity contribution in [3.8, 4) is 0 Å². The van der Waals surface area contributed by atoms with E-state index < -0.39 is 11.6 Å². The van der Waals surface area contributed by atoms with Crippen LogP contribution in [0.25, 0.3) is 0 Å². The van der Waals surface area contributed by atoms with Crippen LogP contribution in [0.4, 0.5) is 0 Å². The van der Waals surface area contributed by atoms with Crippen LogP contribution < -0.4 is 17.2 Å². The van der Waals surface area contributed by atoms with E-state index in [0.717, 1.165) is 0 Å². The zero-order chi connectivity index (χ0) is 8.48. The average Bonchev–Trinajstić information content (AvgIpc) is 1.85. The molecular weight excluding hydrogens is 144 g/mol. The van der Waals surface area contributed by atoms with Gasteiger partial charge < -0.3 is 17.2 Å². The third-order valence-electron chi connectivity index (χ3n) is 1.30. The van der Waals surface area contributed by atoms with E-state index in [-0.39, 0.29) is 12.1 Å². The van der Waals surface area contributed by atoms with Crippen molar-refractivity contribution in [3.63, 3.8) is 0 Å². The van der Waals surface area contributed by atoms with Gasteiger partial charge in [0.1, 0.15) is 5.66 Å². The molecule has 0 unspecified atom stereocenters. The minimum atomic E-state index is -1.03. The van der Waals surface area contributed by atoms with Crippen molar-refractivity contribution in [2.45, 2.75) is 5.66 Å². The number of aliphatic imine (C=N–C) groups is 1. The normalized spacial score (nSPS) is 21.1. The number of nitrogens with zero attached hydrogens (tertiary/aromatic N) is 1. The first-order valence-corrected chi connectivity index (χ1v) is 3.11. The van der Waals surface area contributed by atoms with Crippen LogP contribution >= 0.6 is 0 Å². The van der Waals surface area contributed by atoms with Gasteiger partial charge in [0.25, 0.3) is 0 Å². The summed E-state index contributed by atoms with van der Waals surface area (Å²) in [6.07, 6.45) is 2.79. The lowest BCUT2D eigenvalue weighted by molar-refractivity contribution is -0.114. The summed E-state index contributed by atoms with van der Waals surface area (Å²) in [5.74, 6) is -0.561. The molecule has 6 N–H and O–H groups in total. The van der Waals surface area contributed by atoms with Crippen molar-refractivity contribution in [2.24, 2.45) is 22.2 Å². The number of dihydropyridines is 1. The average molecular weight is 154 g/mol. The highest BCUT2D eigenvalue weighted by Crippen LogP contribution is 2.04. The summed E-state index contributed by atoms with van der Waals surface area (Å²) < 4.78 is 0. The number of nitrogens with two attached hydrogens (primary N) is 3. The molecule has 0 radical (unpaired) electrons. The molecule has 1 aliphatic rings. The van der Waals surface area contributed by atoms with Crippen molar-refractivity contribution in [2.75, 3.05) is 6.54 Å². The van der Waals surface area contributed by atoms with Gasteiger partial charge in [-0.1, -0.05) is 0 Å². The molecule has 0 spiro atoms. The second kappa shape index (κ2) is 2.44. The predicted octanol–water partition coefficient (Wildman–Crippen LogP) is -1.90. The minimum Gasteiger partial charge on any atom is -0.366 e. The summed E-state index contributed by atoms with van der Waals surface area (Å²) >= 11 is 0. The highest BCUT2D eigenvalue weighted by atomic mass is 16.1. The van der Waals surface area contributed by atoms with Crippen LogP contribution in [0.5, 0.6) is 0 Å². The molecule has 5 nitrogen and oxygen atoms in total. The Hall–Kier alpha value is -1.20. The summed E-state index contributed by atoms with van der Waals surface area (Å²) in [5.41, 5.74) is 15.2. The van der Waals surface area contributed by atoms with E-state index in [1.807, 2.05) is 0 Å². The van der Waals surface area contributed by atoms with E-state index in [0.29, 0.717) is 0 Å². The molecule has 0 atom stereocenters. The maximum Gasteiger partial charge on any atom is 0.250 e. The van der Waals surface area contributed by atoms with E-state index in [4.69, 9.17) is 17.2 Å². The molecule has 0 aliphatic carbocycles. The van der Waals surface area contributed by atoms with Crippen LogP contribution in [0, 0.1) is 0 Å². The molecule has 1 aliphatic heterocycles.